The lowest BCUT2D eigenvalue weighted by Crippen LogP contribution is -2.23. The van der Waals surface area contributed by atoms with Gasteiger partial charge in [0.1, 0.15) is 5.75 Å². The summed E-state index contributed by atoms with van der Waals surface area (Å²) in [5, 5.41) is 15.2. The number of fused-ring (bicyclic) bond motifs is 2. The van der Waals surface area contributed by atoms with Crippen molar-refractivity contribution in [3.8, 4) is 17.0 Å². The van der Waals surface area contributed by atoms with E-state index >= 15 is 0 Å². The highest BCUT2D eigenvalue weighted by Gasteiger charge is 2.31. The number of carbonyl (C=O) groups excluding carboxylic acids is 2. The summed E-state index contributed by atoms with van der Waals surface area (Å²) >= 11 is 6.17. The molecule has 5 rings (SSSR count). The van der Waals surface area contributed by atoms with Crippen LogP contribution < -0.4 is 10.6 Å². The van der Waals surface area contributed by atoms with E-state index in [1.165, 1.54) is 42.5 Å². The fraction of sp³-hybridized carbons (Fsp3) is 0.0385. The average Bonchev–Trinajstić information content (AvgIpc) is 2.95. The van der Waals surface area contributed by atoms with Crippen LogP contribution in [0.4, 0.5) is 5.69 Å². The molecule has 8 nitrogen and oxygen atoms in total. The molecule has 0 unspecified atom stereocenters. The average molecular weight is 520 g/mol. The molecule has 4 aromatic rings. The number of nitrogens with one attached hydrogen (secondary N) is 2. The van der Waals surface area contributed by atoms with E-state index in [4.69, 9.17) is 11.6 Å². The van der Waals surface area contributed by atoms with Crippen LogP contribution in [0.25, 0.3) is 11.3 Å². The van der Waals surface area contributed by atoms with E-state index in [1.54, 1.807) is 36.5 Å². The number of aromatic nitrogens is 1. The maximum atomic E-state index is 13.1. The Morgan fingerprint density at radius 2 is 1.78 bits per heavy atom. The molecule has 0 aliphatic carbocycles. The Kier molecular flexibility index (Phi) is 5.95. The number of phenolic OH excluding ortho intramolecular Hbond substituents is 1. The predicted octanol–water partition coefficient (Wildman–Crippen LogP) is 4.44. The predicted molar refractivity (Wildman–Crippen MR) is 134 cm³/mol. The molecule has 0 saturated carbocycles. The zero-order valence-electron chi connectivity index (χ0n) is 18.5. The fourth-order valence-corrected chi connectivity index (χ4v) is 5.75. The molecule has 36 heavy (non-hydrogen) atoms. The number of carbonyl (C=O) groups is 2. The van der Waals surface area contributed by atoms with Gasteiger partial charge in [0.25, 0.3) is 11.8 Å². The van der Waals surface area contributed by atoms with Crippen LogP contribution in [0.1, 0.15) is 26.3 Å². The van der Waals surface area contributed by atoms with Crippen LogP contribution >= 0.6 is 11.6 Å². The van der Waals surface area contributed by atoms with Crippen LogP contribution in [-0.2, 0) is 16.4 Å². The molecule has 0 fully saturated rings. The number of aromatic hydroxyl groups is 1. The molecule has 3 aromatic carbocycles. The first-order chi connectivity index (χ1) is 17.2. The third-order valence-electron chi connectivity index (χ3n) is 5.71. The molecule has 1 aliphatic heterocycles. The minimum Gasteiger partial charge on any atom is -0.508 e. The number of benzene rings is 3. The van der Waals surface area contributed by atoms with Gasteiger partial charge in [-0.1, -0.05) is 29.8 Å². The molecular weight excluding hydrogens is 502 g/mol. The van der Waals surface area contributed by atoms with Gasteiger partial charge in [-0.05, 0) is 60.2 Å². The highest BCUT2D eigenvalue weighted by atomic mass is 35.5. The van der Waals surface area contributed by atoms with Gasteiger partial charge in [0.05, 0.1) is 31.8 Å². The van der Waals surface area contributed by atoms with Gasteiger partial charge < -0.3 is 15.7 Å². The number of rotatable bonds is 4. The normalized spacial score (nSPS) is 13.6. The highest BCUT2D eigenvalue weighted by Crippen LogP contribution is 2.34. The number of halogens is 1. The smallest absolute Gasteiger partial charge is 0.257 e. The first-order valence-corrected chi connectivity index (χ1v) is 12.6. The van der Waals surface area contributed by atoms with Gasteiger partial charge in [-0.2, -0.15) is 0 Å². The number of sulfone groups is 1. The van der Waals surface area contributed by atoms with Crippen LogP contribution in [0.15, 0.2) is 88.8 Å². The lowest BCUT2D eigenvalue weighted by atomic mass is 10.1. The molecule has 0 radical (unpaired) electrons. The summed E-state index contributed by atoms with van der Waals surface area (Å²) in [6.45, 7) is 0.169. The zero-order valence-corrected chi connectivity index (χ0v) is 20.1. The second-order valence-corrected chi connectivity index (χ2v) is 10.4. The Labute approximate surface area is 211 Å². The van der Waals surface area contributed by atoms with Gasteiger partial charge in [0, 0.05) is 23.9 Å². The number of amides is 2. The van der Waals surface area contributed by atoms with Crippen LogP contribution in [0, 0.1) is 0 Å². The van der Waals surface area contributed by atoms with Crippen molar-refractivity contribution in [2.75, 3.05) is 5.32 Å². The summed E-state index contributed by atoms with van der Waals surface area (Å²) in [5.74, 6) is -0.954. The van der Waals surface area contributed by atoms with Crippen LogP contribution in [0.2, 0.25) is 5.02 Å². The van der Waals surface area contributed by atoms with E-state index in [0.717, 1.165) is 5.56 Å². The topological polar surface area (TPSA) is 125 Å². The molecular formula is C26H18ClN3O5S. The molecule has 0 saturated heterocycles. The molecule has 180 valence electrons. The van der Waals surface area contributed by atoms with Gasteiger partial charge >= 0.3 is 0 Å². The van der Waals surface area contributed by atoms with Gasteiger partial charge in [0.15, 0.2) is 0 Å². The maximum Gasteiger partial charge on any atom is 0.257 e. The van der Waals surface area contributed by atoms with Crippen molar-refractivity contribution in [1.29, 1.82) is 0 Å². The quantitative estimate of drug-likeness (QED) is 0.366. The highest BCUT2D eigenvalue weighted by molar-refractivity contribution is 7.91. The number of nitrogens with zero attached hydrogens (tertiary/aromatic N) is 1. The molecule has 0 atom stereocenters. The van der Waals surface area contributed by atoms with Gasteiger partial charge in [-0.15, -0.1) is 0 Å². The minimum atomic E-state index is -3.95. The summed E-state index contributed by atoms with van der Waals surface area (Å²) in [6.07, 6.45) is 1.60. The van der Waals surface area contributed by atoms with Crippen LogP contribution in [-0.4, -0.2) is 30.3 Å². The first-order valence-electron chi connectivity index (χ1n) is 10.8. The summed E-state index contributed by atoms with van der Waals surface area (Å²) < 4.78 is 26.2. The number of anilines is 1. The summed E-state index contributed by atoms with van der Waals surface area (Å²) in [6, 6.07) is 18.2. The van der Waals surface area contributed by atoms with Crippen LogP contribution in [0.5, 0.6) is 5.75 Å². The summed E-state index contributed by atoms with van der Waals surface area (Å²) in [7, 11) is -3.95. The van der Waals surface area contributed by atoms with Gasteiger partial charge in [0.2, 0.25) is 9.84 Å². The van der Waals surface area contributed by atoms with Crippen molar-refractivity contribution in [2.45, 2.75) is 16.3 Å². The van der Waals surface area contributed by atoms with Crippen molar-refractivity contribution in [3.63, 3.8) is 0 Å². The summed E-state index contributed by atoms with van der Waals surface area (Å²) in [4.78, 5) is 29.6. The molecule has 1 aliphatic rings. The Hall–Kier alpha value is -4.21. The van der Waals surface area contributed by atoms with E-state index in [1.807, 2.05) is 0 Å². The van der Waals surface area contributed by atoms with Crippen molar-refractivity contribution in [2.24, 2.45) is 0 Å². The van der Waals surface area contributed by atoms with E-state index in [9.17, 15) is 23.1 Å². The SMILES string of the molecule is O=C(NCc1ccc(-c2ccc(O)cc2Cl)nc1)c1ccc2c(c1)NC(=O)c1ccccc1S2(=O)=O. The van der Waals surface area contributed by atoms with E-state index in [2.05, 4.69) is 15.6 Å². The fourth-order valence-electron chi connectivity index (χ4n) is 3.88. The molecule has 0 spiro atoms. The molecule has 10 heteroatoms. The van der Waals surface area contributed by atoms with Crippen molar-refractivity contribution in [3.05, 3.63) is 101 Å². The van der Waals surface area contributed by atoms with Crippen molar-refractivity contribution < 1.29 is 23.1 Å². The lowest BCUT2D eigenvalue weighted by molar-refractivity contribution is 0.0949. The summed E-state index contributed by atoms with van der Waals surface area (Å²) in [5.41, 5.74) is 2.27. The molecule has 3 N–H and O–H groups in total. The molecule has 2 amide bonds. The van der Waals surface area contributed by atoms with Crippen molar-refractivity contribution in [1.82, 2.24) is 10.3 Å². The second-order valence-electron chi connectivity index (χ2n) is 8.06. The molecule has 2 heterocycles. The zero-order chi connectivity index (χ0) is 25.4. The first kappa shape index (κ1) is 23.5. The third-order valence-corrected chi connectivity index (χ3v) is 7.89. The largest absolute Gasteiger partial charge is 0.508 e. The number of phenols is 1. The second kappa shape index (κ2) is 9.10. The number of hydrogen-bond donors (Lipinski definition) is 3. The third kappa shape index (κ3) is 4.30. The minimum absolute atomic E-state index is 0.0423. The Morgan fingerprint density at radius 3 is 2.53 bits per heavy atom. The van der Waals surface area contributed by atoms with Crippen LogP contribution in [0.3, 0.4) is 0 Å². The molecule has 0 bridgehead atoms. The Morgan fingerprint density at radius 1 is 0.972 bits per heavy atom. The number of hydrogen-bond acceptors (Lipinski definition) is 6. The lowest BCUT2D eigenvalue weighted by Gasteiger charge is -2.11. The monoisotopic (exact) mass is 519 g/mol. The Balaban J connectivity index is 1.33. The van der Waals surface area contributed by atoms with Gasteiger partial charge in [-0.3, -0.25) is 14.6 Å². The standard InChI is InChI=1S/C26H18ClN3O5S/c27-20-12-17(31)7-8-18(20)21-9-5-15(13-28-21)14-29-25(32)16-6-10-24-22(11-16)30-26(33)19-3-1-2-4-23(19)36(24,34)35/h1-13,31H,14H2,(H,29,32)(H,30,33). The molecule has 1 aromatic heterocycles. The van der Waals surface area contributed by atoms with Gasteiger partial charge in [-0.25, -0.2) is 8.42 Å². The van der Waals surface area contributed by atoms with E-state index in [-0.39, 0.29) is 38.9 Å². The maximum absolute atomic E-state index is 13.1. The number of pyridine rings is 1. The van der Waals surface area contributed by atoms with E-state index < -0.39 is 21.7 Å². The Bertz CT molecular complexity index is 1640. The van der Waals surface area contributed by atoms with E-state index in [0.29, 0.717) is 16.3 Å². The van der Waals surface area contributed by atoms with Crippen molar-refractivity contribution >= 4 is 38.9 Å².